The first-order valence-corrected chi connectivity index (χ1v) is 17.3. The third-order valence-corrected chi connectivity index (χ3v) is 10.6. The van der Waals surface area contributed by atoms with Gasteiger partial charge in [0, 0.05) is 47.8 Å². The monoisotopic (exact) mass is 641 g/mol. The van der Waals surface area contributed by atoms with Crippen molar-refractivity contribution in [2.75, 3.05) is 0 Å². The van der Waals surface area contributed by atoms with Crippen molar-refractivity contribution in [1.82, 2.24) is 15.0 Å². The molecule has 0 amide bonds. The number of pyridine rings is 1. The highest BCUT2D eigenvalue weighted by Crippen LogP contribution is 2.43. The van der Waals surface area contributed by atoms with Crippen LogP contribution in [0.4, 0.5) is 0 Å². The molecule has 3 heterocycles. The summed E-state index contributed by atoms with van der Waals surface area (Å²) in [7, 11) is 0. The molecule has 3 nitrogen and oxygen atoms in total. The molecule has 7 aromatic carbocycles. The van der Waals surface area contributed by atoms with Crippen LogP contribution in [0.3, 0.4) is 0 Å². The van der Waals surface area contributed by atoms with Crippen molar-refractivity contribution in [3.63, 3.8) is 0 Å². The van der Waals surface area contributed by atoms with Gasteiger partial charge in [0.25, 0.3) is 0 Å². The molecule has 0 radical (unpaired) electrons. The van der Waals surface area contributed by atoms with Crippen LogP contribution in [0.25, 0.3) is 97.8 Å². The van der Waals surface area contributed by atoms with E-state index in [0.29, 0.717) is 5.82 Å². The van der Waals surface area contributed by atoms with Crippen molar-refractivity contribution in [3.8, 4) is 45.2 Å². The number of hydrogen-bond acceptors (Lipinski definition) is 4. The van der Waals surface area contributed by atoms with Crippen molar-refractivity contribution in [3.05, 3.63) is 164 Å². The summed E-state index contributed by atoms with van der Waals surface area (Å²) >= 11 is 1.84. The fourth-order valence-corrected chi connectivity index (χ4v) is 8.32. The summed E-state index contributed by atoms with van der Waals surface area (Å²) in [6.45, 7) is 0. The van der Waals surface area contributed by atoms with Crippen LogP contribution in [0, 0.1) is 0 Å². The van der Waals surface area contributed by atoms with E-state index in [0.717, 1.165) is 44.9 Å². The Morgan fingerprint density at radius 2 is 1.06 bits per heavy atom. The minimum atomic E-state index is 0.684. The number of hydrogen-bond donors (Lipinski definition) is 0. The largest absolute Gasteiger partial charge is 0.247 e. The SMILES string of the molecule is c1ccc(-c2cc(-c3ccc4c(ccc5ccccc54)c3)nc(-c3cccc(-c4nc5ccccc5c5sc6ccccc6c45)c3)n2)cc1. The molecule has 0 spiro atoms. The van der Waals surface area contributed by atoms with E-state index in [2.05, 4.69) is 158 Å². The van der Waals surface area contributed by atoms with E-state index in [4.69, 9.17) is 15.0 Å². The molecule has 0 N–H and O–H groups in total. The van der Waals surface area contributed by atoms with Gasteiger partial charge < -0.3 is 0 Å². The Hall–Kier alpha value is -6.23. The van der Waals surface area contributed by atoms with Crippen LogP contribution >= 0.6 is 11.3 Å². The van der Waals surface area contributed by atoms with Gasteiger partial charge in [-0.05, 0) is 51.9 Å². The number of benzene rings is 7. The maximum atomic E-state index is 5.28. The first kappa shape index (κ1) is 27.8. The van der Waals surface area contributed by atoms with Crippen molar-refractivity contribution < 1.29 is 0 Å². The molecule has 0 fully saturated rings. The number of fused-ring (bicyclic) bond motifs is 8. The van der Waals surface area contributed by atoms with Crippen LogP contribution in [0.2, 0.25) is 0 Å². The second-order valence-corrected chi connectivity index (χ2v) is 13.5. The third-order valence-electron chi connectivity index (χ3n) is 9.44. The summed E-state index contributed by atoms with van der Waals surface area (Å²) in [5.41, 5.74) is 7.86. The van der Waals surface area contributed by atoms with Crippen molar-refractivity contribution >= 4 is 64.0 Å². The van der Waals surface area contributed by atoms with Gasteiger partial charge in [0.15, 0.2) is 5.82 Å². The molecule has 3 aromatic heterocycles. The number of nitrogens with zero attached hydrogens (tertiary/aromatic N) is 3. The van der Waals surface area contributed by atoms with Gasteiger partial charge in [-0.15, -0.1) is 11.3 Å². The minimum absolute atomic E-state index is 0.684. The summed E-state index contributed by atoms with van der Waals surface area (Å²) in [6.07, 6.45) is 0. The molecule has 4 heteroatoms. The predicted octanol–water partition coefficient (Wildman–Crippen LogP) is 12.4. The lowest BCUT2D eigenvalue weighted by Gasteiger charge is -2.12. The molecule has 0 bridgehead atoms. The zero-order valence-corrected chi connectivity index (χ0v) is 27.2. The minimum Gasteiger partial charge on any atom is -0.247 e. The molecule has 0 saturated heterocycles. The maximum absolute atomic E-state index is 5.28. The third kappa shape index (κ3) is 4.68. The molecule has 0 unspecified atom stereocenters. The molecule has 0 aliphatic carbocycles. The lowest BCUT2D eigenvalue weighted by molar-refractivity contribution is 1.18. The summed E-state index contributed by atoms with van der Waals surface area (Å²) in [5, 5.41) is 8.54. The molecular formula is C45H27N3S. The standard InChI is InChI=1S/C45H27N3S/c1-2-12-29(13-3-1)39-27-40(31-23-24-35-30(25-31)22-21-28-11-4-5-16-34(28)35)48-45(47-39)33-15-10-14-32(26-33)43-42-37-18-7-9-20-41(37)49-44(42)36-17-6-8-19-38(36)46-43/h1-27H. The van der Waals surface area contributed by atoms with E-state index < -0.39 is 0 Å². The lowest BCUT2D eigenvalue weighted by atomic mass is 9.98. The van der Waals surface area contributed by atoms with Gasteiger partial charge in [-0.2, -0.15) is 0 Å². The number of rotatable bonds is 4. The van der Waals surface area contributed by atoms with E-state index in [1.54, 1.807) is 0 Å². The topological polar surface area (TPSA) is 38.7 Å². The summed E-state index contributed by atoms with van der Waals surface area (Å²) in [5.74, 6) is 0.684. The number of aromatic nitrogens is 3. The smallest absolute Gasteiger partial charge is 0.160 e. The average Bonchev–Trinajstić information content (AvgIpc) is 3.58. The lowest BCUT2D eigenvalue weighted by Crippen LogP contribution is -1.96. The maximum Gasteiger partial charge on any atom is 0.160 e. The summed E-state index contributed by atoms with van der Waals surface area (Å²) in [4.78, 5) is 15.7. The van der Waals surface area contributed by atoms with Gasteiger partial charge in [0.1, 0.15) is 0 Å². The molecule has 10 rings (SSSR count). The highest BCUT2D eigenvalue weighted by Gasteiger charge is 2.18. The second kappa shape index (κ2) is 11.2. The first-order valence-electron chi connectivity index (χ1n) is 16.4. The Morgan fingerprint density at radius 3 is 1.96 bits per heavy atom. The van der Waals surface area contributed by atoms with Gasteiger partial charge in [0.2, 0.25) is 0 Å². The van der Waals surface area contributed by atoms with Crippen LogP contribution in [0.15, 0.2) is 164 Å². The Balaban J connectivity index is 1.17. The average molecular weight is 642 g/mol. The Labute approximate surface area is 286 Å². The Bertz CT molecular complexity index is 2890. The fourth-order valence-electron chi connectivity index (χ4n) is 7.08. The van der Waals surface area contributed by atoms with Gasteiger partial charge in [-0.3, -0.25) is 0 Å². The van der Waals surface area contributed by atoms with Crippen LogP contribution in [0.5, 0.6) is 0 Å². The molecule has 0 aliphatic heterocycles. The normalized spacial score (nSPS) is 11.7. The molecular weight excluding hydrogens is 615 g/mol. The van der Waals surface area contributed by atoms with E-state index in [1.807, 2.05) is 17.4 Å². The van der Waals surface area contributed by atoms with Gasteiger partial charge >= 0.3 is 0 Å². The molecule has 10 aromatic rings. The van der Waals surface area contributed by atoms with Crippen LogP contribution in [-0.4, -0.2) is 15.0 Å². The molecule has 0 aliphatic rings. The van der Waals surface area contributed by atoms with Crippen molar-refractivity contribution in [1.29, 1.82) is 0 Å². The van der Waals surface area contributed by atoms with E-state index in [-0.39, 0.29) is 0 Å². The van der Waals surface area contributed by atoms with Crippen LogP contribution < -0.4 is 0 Å². The summed E-state index contributed by atoms with van der Waals surface area (Å²) in [6, 6.07) is 57.7. The first-order chi connectivity index (χ1) is 24.3. The van der Waals surface area contributed by atoms with Gasteiger partial charge in [-0.25, -0.2) is 15.0 Å². The van der Waals surface area contributed by atoms with Gasteiger partial charge in [0.05, 0.1) is 22.6 Å². The fraction of sp³-hybridized carbons (Fsp3) is 0. The highest BCUT2D eigenvalue weighted by molar-refractivity contribution is 7.26. The number of thiophene rings is 1. The van der Waals surface area contributed by atoms with Crippen LogP contribution in [0.1, 0.15) is 0 Å². The molecule has 49 heavy (non-hydrogen) atoms. The summed E-state index contributed by atoms with van der Waals surface area (Å²) < 4.78 is 2.53. The Morgan fingerprint density at radius 1 is 0.388 bits per heavy atom. The molecule has 0 saturated carbocycles. The van der Waals surface area contributed by atoms with E-state index in [9.17, 15) is 0 Å². The van der Waals surface area contributed by atoms with Gasteiger partial charge in [-0.1, -0.05) is 133 Å². The quantitative estimate of drug-likeness (QED) is 0.180. The van der Waals surface area contributed by atoms with Crippen molar-refractivity contribution in [2.24, 2.45) is 0 Å². The van der Waals surface area contributed by atoms with Crippen LogP contribution in [-0.2, 0) is 0 Å². The zero-order chi connectivity index (χ0) is 32.3. The molecule has 228 valence electrons. The molecule has 0 atom stereocenters. The second-order valence-electron chi connectivity index (χ2n) is 12.4. The van der Waals surface area contributed by atoms with E-state index >= 15 is 0 Å². The number of para-hydroxylation sites is 1. The zero-order valence-electron chi connectivity index (χ0n) is 26.3. The van der Waals surface area contributed by atoms with Crippen molar-refractivity contribution in [2.45, 2.75) is 0 Å². The predicted molar refractivity (Wildman–Crippen MR) is 207 cm³/mol. The Kier molecular flexibility index (Phi) is 6.36. The highest BCUT2D eigenvalue weighted by atomic mass is 32.1. The van der Waals surface area contributed by atoms with E-state index in [1.165, 1.54) is 47.1 Å².